The van der Waals surface area contributed by atoms with E-state index in [2.05, 4.69) is 52.3 Å². The van der Waals surface area contributed by atoms with Gasteiger partial charge in [0.25, 0.3) is 0 Å². The number of nitrogens with zero attached hydrogens (tertiary/aromatic N) is 2. The zero-order valence-electron chi connectivity index (χ0n) is 10.2. The molecule has 4 heteroatoms. The van der Waals surface area contributed by atoms with E-state index in [0.29, 0.717) is 0 Å². The molecule has 3 nitrogen and oxygen atoms in total. The zero-order valence-corrected chi connectivity index (χ0v) is 11.0. The minimum absolute atomic E-state index is 0.763. The Balaban J connectivity index is 2.02. The molecule has 0 aliphatic carbocycles. The molecular weight excluding hydrogens is 230 g/mol. The molecule has 0 saturated carbocycles. The first-order valence-electron chi connectivity index (χ1n) is 5.71. The summed E-state index contributed by atoms with van der Waals surface area (Å²) in [4.78, 5) is 5.61. The van der Waals surface area contributed by atoms with Crippen molar-refractivity contribution in [1.29, 1.82) is 0 Å². The van der Waals surface area contributed by atoms with Crippen LogP contribution in [0.4, 0.5) is 5.69 Å². The van der Waals surface area contributed by atoms with Crippen LogP contribution in [-0.2, 0) is 13.1 Å². The van der Waals surface area contributed by atoms with Crippen molar-refractivity contribution in [2.24, 2.45) is 0 Å². The molecule has 0 spiro atoms. The number of benzene rings is 1. The van der Waals surface area contributed by atoms with Crippen LogP contribution < -0.4 is 5.32 Å². The molecule has 17 heavy (non-hydrogen) atoms. The topological polar surface area (TPSA) is 29.9 Å². The second-order valence-electron chi connectivity index (χ2n) is 3.71. The van der Waals surface area contributed by atoms with E-state index in [1.807, 2.05) is 12.4 Å². The molecule has 0 aliphatic rings. The van der Waals surface area contributed by atoms with Gasteiger partial charge in [0.15, 0.2) is 0 Å². The molecule has 0 aliphatic heterocycles. The van der Waals surface area contributed by atoms with E-state index < -0.39 is 0 Å². The van der Waals surface area contributed by atoms with Gasteiger partial charge in [-0.25, -0.2) is 4.98 Å². The smallest absolute Gasteiger partial charge is 0.128 e. The highest BCUT2D eigenvalue weighted by Gasteiger charge is 2.01. The predicted octanol–water partition coefficient (Wildman–Crippen LogP) is 3.24. The number of anilines is 1. The highest BCUT2D eigenvalue weighted by molar-refractivity contribution is 7.98. The summed E-state index contributed by atoms with van der Waals surface area (Å²) in [6.07, 6.45) is 5.94. The SMILES string of the molecule is CCn1ccnc1CNc1cccc(SC)c1. The fourth-order valence-corrected chi connectivity index (χ4v) is 2.17. The summed E-state index contributed by atoms with van der Waals surface area (Å²) in [5.41, 5.74) is 1.14. The average Bonchev–Trinajstić information content (AvgIpc) is 2.84. The first-order chi connectivity index (χ1) is 8.33. The Kier molecular flexibility index (Phi) is 4.09. The molecule has 0 fully saturated rings. The van der Waals surface area contributed by atoms with Gasteiger partial charge in [-0.15, -0.1) is 11.8 Å². The van der Waals surface area contributed by atoms with Gasteiger partial charge in [-0.3, -0.25) is 0 Å². The Morgan fingerprint density at radius 2 is 2.29 bits per heavy atom. The molecular formula is C13H17N3S. The largest absolute Gasteiger partial charge is 0.378 e. The monoisotopic (exact) mass is 247 g/mol. The molecule has 2 rings (SSSR count). The Hall–Kier alpha value is -1.42. The Labute approximate surface area is 106 Å². The van der Waals surface area contributed by atoms with Crippen molar-refractivity contribution in [3.63, 3.8) is 0 Å². The van der Waals surface area contributed by atoms with Crippen LogP contribution in [0.2, 0.25) is 0 Å². The summed E-state index contributed by atoms with van der Waals surface area (Å²) < 4.78 is 2.14. The van der Waals surface area contributed by atoms with Gasteiger partial charge in [0.2, 0.25) is 0 Å². The molecule has 0 saturated heterocycles. The average molecular weight is 247 g/mol. The number of rotatable bonds is 5. The molecule has 0 amide bonds. The van der Waals surface area contributed by atoms with Crippen LogP contribution in [0.1, 0.15) is 12.7 Å². The molecule has 1 aromatic carbocycles. The number of hydrogen-bond donors (Lipinski definition) is 1. The lowest BCUT2D eigenvalue weighted by Gasteiger charge is -2.08. The summed E-state index contributed by atoms with van der Waals surface area (Å²) in [6, 6.07) is 8.42. The zero-order chi connectivity index (χ0) is 12.1. The standard InChI is InChI=1S/C13H17N3S/c1-3-16-8-7-14-13(16)10-15-11-5-4-6-12(9-11)17-2/h4-9,15H,3,10H2,1-2H3. The van der Waals surface area contributed by atoms with Crippen molar-refractivity contribution in [3.05, 3.63) is 42.5 Å². The molecule has 0 bridgehead atoms. The first-order valence-corrected chi connectivity index (χ1v) is 6.94. The van der Waals surface area contributed by atoms with E-state index in [9.17, 15) is 0 Å². The van der Waals surface area contributed by atoms with Gasteiger partial charge in [0.05, 0.1) is 6.54 Å². The van der Waals surface area contributed by atoms with Crippen LogP contribution in [0.3, 0.4) is 0 Å². The minimum atomic E-state index is 0.763. The lowest BCUT2D eigenvalue weighted by atomic mass is 10.3. The molecule has 1 heterocycles. The van der Waals surface area contributed by atoms with Crippen LogP contribution in [-0.4, -0.2) is 15.8 Å². The molecule has 2 aromatic rings. The quantitative estimate of drug-likeness (QED) is 0.823. The van der Waals surface area contributed by atoms with Crippen molar-refractivity contribution in [2.75, 3.05) is 11.6 Å². The predicted molar refractivity (Wildman–Crippen MR) is 73.5 cm³/mol. The highest BCUT2D eigenvalue weighted by Crippen LogP contribution is 2.19. The normalized spacial score (nSPS) is 10.5. The van der Waals surface area contributed by atoms with Crippen molar-refractivity contribution in [3.8, 4) is 0 Å². The van der Waals surface area contributed by atoms with Crippen LogP contribution in [0.25, 0.3) is 0 Å². The molecule has 0 atom stereocenters. The van der Waals surface area contributed by atoms with E-state index in [1.54, 1.807) is 11.8 Å². The highest BCUT2D eigenvalue weighted by atomic mass is 32.2. The maximum Gasteiger partial charge on any atom is 0.128 e. The van der Waals surface area contributed by atoms with Gasteiger partial charge in [-0.05, 0) is 31.4 Å². The number of nitrogens with one attached hydrogen (secondary N) is 1. The third-order valence-electron chi connectivity index (χ3n) is 2.66. The summed E-state index contributed by atoms with van der Waals surface area (Å²) in [5.74, 6) is 1.07. The number of aromatic nitrogens is 2. The summed E-state index contributed by atoms with van der Waals surface area (Å²) in [6.45, 7) is 3.85. The van der Waals surface area contributed by atoms with Crippen LogP contribution in [0.15, 0.2) is 41.6 Å². The van der Waals surface area contributed by atoms with E-state index in [1.165, 1.54) is 4.90 Å². The molecule has 1 aromatic heterocycles. The molecule has 0 radical (unpaired) electrons. The lowest BCUT2D eigenvalue weighted by molar-refractivity contribution is 0.708. The van der Waals surface area contributed by atoms with Gasteiger partial charge >= 0.3 is 0 Å². The van der Waals surface area contributed by atoms with E-state index >= 15 is 0 Å². The maximum absolute atomic E-state index is 4.34. The third-order valence-corrected chi connectivity index (χ3v) is 3.39. The van der Waals surface area contributed by atoms with Gasteiger partial charge in [0.1, 0.15) is 5.82 Å². The van der Waals surface area contributed by atoms with Crippen molar-refractivity contribution >= 4 is 17.4 Å². The van der Waals surface area contributed by atoms with Crippen LogP contribution >= 0.6 is 11.8 Å². The van der Waals surface area contributed by atoms with Crippen molar-refractivity contribution in [2.45, 2.75) is 24.9 Å². The van der Waals surface area contributed by atoms with Gasteiger partial charge in [0, 0.05) is 29.5 Å². The van der Waals surface area contributed by atoms with E-state index in [0.717, 1.165) is 24.6 Å². The fourth-order valence-electron chi connectivity index (χ4n) is 1.71. The fraction of sp³-hybridized carbons (Fsp3) is 0.308. The Morgan fingerprint density at radius 3 is 3.06 bits per heavy atom. The first kappa shape index (κ1) is 12.0. The number of imidazole rings is 1. The second-order valence-corrected chi connectivity index (χ2v) is 4.59. The Morgan fingerprint density at radius 1 is 1.41 bits per heavy atom. The maximum atomic E-state index is 4.34. The van der Waals surface area contributed by atoms with Gasteiger partial charge in [-0.1, -0.05) is 6.07 Å². The molecule has 90 valence electrons. The van der Waals surface area contributed by atoms with Crippen LogP contribution in [0.5, 0.6) is 0 Å². The number of hydrogen-bond acceptors (Lipinski definition) is 3. The van der Waals surface area contributed by atoms with Crippen molar-refractivity contribution < 1.29 is 0 Å². The summed E-state index contributed by atoms with van der Waals surface area (Å²) in [5, 5.41) is 3.40. The van der Waals surface area contributed by atoms with Crippen LogP contribution in [0, 0.1) is 0 Å². The van der Waals surface area contributed by atoms with Gasteiger partial charge < -0.3 is 9.88 Å². The van der Waals surface area contributed by atoms with Gasteiger partial charge in [-0.2, -0.15) is 0 Å². The lowest BCUT2D eigenvalue weighted by Crippen LogP contribution is -2.07. The van der Waals surface area contributed by atoms with E-state index in [4.69, 9.17) is 0 Å². The second kappa shape index (κ2) is 5.77. The molecule has 0 unspecified atom stereocenters. The third kappa shape index (κ3) is 3.03. The van der Waals surface area contributed by atoms with Crippen molar-refractivity contribution in [1.82, 2.24) is 9.55 Å². The summed E-state index contributed by atoms with van der Waals surface area (Å²) >= 11 is 1.75. The number of aryl methyl sites for hydroxylation is 1. The number of thioether (sulfide) groups is 1. The molecule has 1 N–H and O–H groups in total. The summed E-state index contributed by atoms with van der Waals surface area (Å²) in [7, 11) is 0. The van der Waals surface area contributed by atoms with E-state index in [-0.39, 0.29) is 0 Å². The minimum Gasteiger partial charge on any atom is -0.378 e. The Bertz CT molecular complexity index is 479.